The number of hydrogen-bond acceptors (Lipinski definition) is 4. The lowest BCUT2D eigenvalue weighted by Crippen LogP contribution is -2.49. The summed E-state index contributed by atoms with van der Waals surface area (Å²) in [5.74, 6) is 0.941. The molecule has 1 aliphatic heterocycles. The van der Waals surface area contributed by atoms with E-state index in [1.807, 2.05) is 35.4 Å². The van der Waals surface area contributed by atoms with Crippen LogP contribution in [0.2, 0.25) is 0 Å². The monoisotopic (exact) mass is 446 g/mol. The summed E-state index contributed by atoms with van der Waals surface area (Å²) in [6.45, 7) is 0.671. The maximum atomic E-state index is 13.2. The number of aromatic nitrogens is 2. The number of alkyl carbamates (subject to hydrolysis) is 1. The molecule has 28 heavy (non-hydrogen) atoms. The van der Waals surface area contributed by atoms with Crippen LogP contribution in [0.15, 0.2) is 34.9 Å². The Balaban J connectivity index is 1.52. The SMILES string of the molecule is COC(=O)N[C@H](C(=O)N1CCC[C@H]1c1ncc(-c2ccc(Br)cc2)[nH]1)C1CC1. The quantitative estimate of drug-likeness (QED) is 0.733. The molecule has 2 fully saturated rings. The lowest BCUT2D eigenvalue weighted by Gasteiger charge is -2.28. The van der Waals surface area contributed by atoms with E-state index in [0.717, 1.165) is 47.2 Å². The molecule has 1 aliphatic carbocycles. The van der Waals surface area contributed by atoms with E-state index in [4.69, 9.17) is 4.74 Å². The van der Waals surface area contributed by atoms with Crippen molar-refractivity contribution < 1.29 is 14.3 Å². The second kappa shape index (κ2) is 7.95. The number of halogens is 1. The van der Waals surface area contributed by atoms with Gasteiger partial charge in [-0.05, 0) is 49.3 Å². The average molecular weight is 447 g/mol. The third-order valence-electron chi connectivity index (χ3n) is 5.42. The summed E-state index contributed by atoms with van der Waals surface area (Å²) in [7, 11) is 1.31. The van der Waals surface area contributed by atoms with Gasteiger partial charge in [-0.1, -0.05) is 28.1 Å². The van der Waals surface area contributed by atoms with Gasteiger partial charge in [0, 0.05) is 11.0 Å². The van der Waals surface area contributed by atoms with Crippen LogP contribution in [0.1, 0.15) is 37.5 Å². The molecule has 2 heterocycles. The Morgan fingerprint density at radius 2 is 2.04 bits per heavy atom. The van der Waals surface area contributed by atoms with E-state index in [1.165, 1.54) is 7.11 Å². The predicted molar refractivity (Wildman–Crippen MR) is 107 cm³/mol. The zero-order chi connectivity index (χ0) is 19.7. The molecule has 0 spiro atoms. The highest BCUT2D eigenvalue weighted by Crippen LogP contribution is 2.37. The fourth-order valence-electron chi connectivity index (χ4n) is 3.77. The highest BCUT2D eigenvalue weighted by Gasteiger charge is 2.43. The van der Waals surface area contributed by atoms with Crippen molar-refractivity contribution in [2.24, 2.45) is 5.92 Å². The maximum Gasteiger partial charge on any atom is 0.407 e. The first-order valence-corrected chi connectivity index (χ1v) is 10.3. The van der Waals surface area contributed by atoms with Gasteiger partial charge in [0.1, 0.15) is 11.9 Å². The van der Waals surface area contributed by atoms with Gasteiger partial charge in [0.05, 0.1) is 25.0 Å². The van der Waals surface area contributed by atoms with Crippen molar-refractivity contribution in [1.29, 1.82) is 0 Å². The number of likely N-dealkylation sites (tertiary alicyclic amines) is 1. The maximum absolute atomic E-state index is 13.2. The van der Waals surface area contributed by atoms with Crippen LogP contribution in [0.25, 0.3) is 11.3 Å². The number of carbonyl (C=O) groups is 2. The van der Waals surface area contributed by atoms with E-state index in [9.17, 15) is 9.59 Å². The van der Waals surface area contributed by atoms with E-state index in [1.54, 1.807) is 0 Å². The zero-order valence-corrected chi connectivity index (χ0v) is 17.2. The lowest BCUT2D eigenvalue weighted by atomic mass is 10.1. The van der Waals surface area contributed by atoms with Crippen LogP contribution in [0, 0.1) is 5.92 Å². The van der Waals surface area contributed by atoms with Gasteiger partial charge in [-0.3, -0.25) is 4.79 Å². The van der Waals surface area contributed by atoms with Crippen LogP contribution >= 0.6 is 15.9 Å². The number of H-pyrrole nitrogens is 1. The second-order valence-electron chi connectivity index (χ2n) is 7.33. The number of rotatable bonds is 5. The molecule has 2 amide bonds. The van der Waals surface area contributed by atoms with Crippen LogP contribution in [0.4, 0.5) is 4.79 Å². The summed E-state index contributed by atoms with van der Waals surface area (Å²) in [6.07, 6.45) is 4.93. The van der Waals surface area contributed by atoms with E-state index < -0.39 is 12.1 Å². The van der Waals surface area contributed by atoms with Gasteiger partial charge < -0.3 is 19.9 Å². The largest absolute Gasteiger partial charge is 0.453 e. The minimum absolute atomic E-state index is 0.0445. The van der Waals surface area contributed by atoms with Gasteiger partial charge in [0.15, 0.2) is 0 Å². The van der Waals surface area contributed by atoms with E-state index >= 15 is 0 Å². The van der Waals surface area contributed by atoms with Gasteiger partial charge in [-0.15, -0.1) is 0 Å². The first-order valence-electron chi connectivity index (χ1n) is 9.52. The van der Waals surface area contributed by atoms with Crippen molar-refractivity contribution in [1.82, 2.24) is 20.2 Å². The molecule has 1 aromatic carbocycles. The number of hydrogen-bond donors (Lipinski definition) is 2. The molecular formula is C20H23BrN4O3. The number of methoxy groups -OCH3 is 1. The molecule has 2 atom stereocenters. The normalized spacial score (nSPS) is 20.1. The summed E-state index contributed by atoms with van der Waals surface area (Å²) < 4.78 is 5.72. The van der Waals surface area contributed by atoms with Crippen LogP contribution in [0.3, 0.4) is 0 Å². The highest BCUT2D eigenvalue weighted by atomic mass is 79.9. The topological polar surface area (TPSA) is 87.3 Å². The first kappa shape index (κ1) is 19.0. The van der Waals surface area contributed by atoms with Crippen molar-refractivity contribution in [3.05, 3.63) is 40.8 Å². The van der Waals surface area contributed by atoms with Gasteiger partial charge in [0.2, 0.25) is 5.91 Å². The molecule has 7 nitrogen and oxygen atoms in total. The van der Waals surface area contributed by atoms with Gasteiger partial charge in [-0.25, -0.2) is 9.78 Å². The standard InChI is InChI=1S/C20H23BrN4O3/c1-28-20(27)24-17(13-4-5-13)19(26)25-10-2-3-16(25)18-22-11-15(23-18)12-6-8-14(21)9-7-12/h6-9,11,13,16-17H,2-5,10H2,1H3,(H,22,23)(H,24,27)/t16-,17-/m0/s1. The summed E-state index contributed by atoms with van der Waals surface area (Å²) in [5, 5.41) is 2.73. The number of amides is 2. The molecule has 148 valence electrons. The molecule has 1 aromatic heterocycles. The van der Waals surface area contributed by atoms with Gasteiger partial charge in [0.25, 0.3) is 0 Å². The van der Waals surface area contributed by atoms with Crippen molar-refractivity contribution >= 4 is 27.9 Å². The molecule has 0 radical (unpaired) electrons. The predicted octanol–water partition coefficient (Wildman–Crippen LogP) is 3.64. The third kappa shape index (κ3) is 3.92. The first-order chi connectivity index (χ1) is 13.6. The summed E-state index contributed by atoms with van der Waals surface area (Å²) >= 11 is 3.44. The fraction of sp³-hybridized carbons (Fsp3) is 0.450. The van der Waals surface area contributed by atoms with Crippen LogP contribution in [-0.2, 0) is 9.53 Å². The molecule has 2 aliphatic rings. The van der Waals surface area contributed by atoms with E-state index in [-0.39, 0.29) is 17.9 Å². The zero-order valence-electron chi connectivity index (χ0n) is 15.7. The second-order valence-corrected chi connectivity index (χ2v) is 8.25. The Morgan fingerprint density at radius 3 is 2.71 bits per heavy atom. The number of benzene rings is 1. The molecule has 8 heteroatoms. The molecule has 2 aromatic rings. The Kier molecular flexibility index (Phi) is 5.39. The number of nitrogens with one attached hydrogen (secondary N) is 2. The van der Waals surface area contributed by atoms with Gasteiger partial charge in [-0.2, -0.15) is 0 Å². The fourth-order valence-corrected chi connectivity index (χ4v) is 4.04. The Morgan fingerprint density at radius 1 is 1.29 bits per heavy atom. The minimum Gasteiger partial charge on any atom is -0.453 e. The number of ether oxygens (including phenoxy) is 1. The van der Waals surface area contributed by atoms with Crippen molar-refractivity contribution in [3.8, 4) is 11.3 Å². The number of aromatic amines is 1. The smallest absolute Gasteiger partial charge is 0.407 e. The van der Waals surface area contributed by atoms with Crippen molar-refractivity contribution in [2.75, 3.05) is 13.7 Å². The number of imidazole rings is 1. The van der Waals surface area contributed by atoms with Crippen LogP contribution in [-0.4, -0.2) is 46.6 Å². The Hall–Kier alpha value is -2.35. The third-order valence-corrected chi connectivity index (χ3v) is 5.95. The summed E-state index contributed by atoms with van der Waals surface area (Å²) in [6, 6.07) is 7.39. The molecule has 1 saturated carbocycles. The average Bonchev–Trinajstić information content (AvgIpc) is 3.22. The summed E-state index contributed by atoms with van der Waals surface area (Å²) in [4.78, 5) is 34.7. The van der Waals surface area contributed by atoms with Crippen LogP contribution < -0.4 is 5.32 Å². The highest BCUT2D eigenvalue weighted by molar-refractivity contribution is 9.10. The molecular weight excluding hydrogens is 424 g/mol. The Bertz CT molecular complexity index is 863. The van der Waals surface area contributed by atoms with E-state index in [2.05, 4.69) is 31.2 Å². The number of carbonyl (C=O) groups excluding carboxylic acids is 2. The molecule has 1 saturated heterocycles. The molecule has 2 N–H and O–H groups in total. The van der Waals surface area contributed by atoms with Crippen molar-refractivity contribution in [3.63, 3.8) is 0 Å². The lowest BCUT2D eigenvalue weighted by molar-refractivity contribution is -0.135. The number of nitrogens with zero attached hydrogens (tertiary/aromatic N) is 2. The van der Waals surface area contributed by atoms with Crippen LogP contribution in [0.5, 0.6) is 0 Å². The van der Waals surface area contributed by atoms with E-state index in [0.29, 0.717) is 6.54 Å². The Labute approximate surface area is 172 Å². The minimum atomic E-state index is -0.559. The molecule has 4 rings (SSSR count). The van der Waals surface area contributed by atoms with Crippen molar-refractivity contribution in [2.45, 2.75) is 37.8 Å². The molecule has 0 bridgehead atoms. The van der Waals surface area contributed by atoms with Gasteiger partial charge >= 0.3 is 6.09 Å². The molecule has 0 unspecified atom stereocenters. The summed E-state index contributed by atoms with van der Waals surface area (Å²) in [5.41, 5.74) is 1.97.